The molecule has 2 nitrogen and oxygen atoms in total. The largest absolute Gasteiger partial charge is 0.380 e. The molecule has 17 heavy (non-hydrogen) atoms. The molecule has 0 bridgehead atoms. The second-order valence-corrected chi connectivity index (χ2v) is 6.53. The summed E-state index contributed by atoms with van der Waals surface area (Å²) in [6.45, 7) is 2.94. The molecule has 0 spiro atoms. The molecule has 0 unspecified atom stereocenters. The van der Waals surface area contributed by atoms with Gasteiger partial charge in [-0.25, -0.2) is 4.98 Å². The van der Waals surface area contributed by atoms with E-state index >= 15 is 0 Å². The number of aryl methyl sites for hydroxylation is 1. The predicted molar refractivity (Wildman–Crippen MR) is 83.0 cm³/mol. The molecule has 0 saturated carbocycles. The topological polar surface area (TPSA) is 24.9 Å². The number of aromatic nitrogens is 1. The number of rotatable bonds is 4. The molecular weight excluding hydrogens is 367 g/mol. The maximum atomic E-state index is 5.80. The van der Waals surface area contributed by atoms with Crippen molar-refractivity contribution in [2.45, 2.75) is 19.9 Å². The van der Waals surface area contributed by atoms with E-state index in [0.29, 0.717) is 4.47 Å². The van der Waals surface area contributed by atoms with E-state index in [0.717, 1.165) is 17.8 Å². The Morgan fingerprint density at radius 1 is 1.47 bits per heavy atom. The van der Waals surface area contributed by atoms with Crippen LogP contribution >= 0.6 is 45.5 Å². The molecule has 1 heterocycles. The first-order chi connectivity index (χ1) is 8.19. The van der Waals surface area contributed by atoms with Gasteiger partial charge in [0.2, 0.25) is 0 Å². The van der Waals surface area contributed by atoms with Gasteiger partial charge in [-0.1, -0.05) is 18.5 Å². The third-order valence-corrected chi connectivity index (χ3v) is 4.21. The highest BCUT2D eigenvalue weighted by atomic mass is 127. The summed E-state index contributed by atoms with van der Waals surface area (Å²) in [7, 11) is 0. The molecule has 2 aromatic rings. The van der Waals surface area contributed by atoms with Gasteiger partial charge in [0.15, 0.2) is 4.47 Å². The van der Waals surface area contributed by atoms with Crippen molar-refractivity contribution in [2.24, 2.45) is 0 Å². The van der Waals surface area contributed by atoms with Crippen molar-refractivity contribution in [1.29, 1.82) is 0 Å². The first-order valence-corrected chi connectivity index (χ1v) is 7.59. The van der Waals surface area contributed by atoms with Crippen molar-refractivity contribution < 1.29 is 0 Å². The maximum Gasteiger partial charge on any atom is 0.183 e. The lowest BCUT2D eigenvalue weighted by Gasteiger charge is -2.10. The standard InChI is InChI=1S/C12H12ClIN2S/c1-2-8-5-9(14)3-4-11(8)15-6-10-7-16-12(13)17-10/h3-5,7,15H,2,6H2,1H3. The second kappa shape index (κ2) is 6.02. The lowest BCUT2D eigenvalue weighted by atomic mass is 10.1. The van der Waals surface area contributed by atoms with Crippen molar-refractivity contribution in [3.8, 4) is 0 Å². The molecule has 5 heteroatoms. The Morgan fingerprint density at radius 2 is 2.29 bits per heavy atom. The zero-order valence-corrected chi connectivity index (χ0v) is 13.1. The molecule has 0 amide bonds. The summed E-state index contributed by atoms with van der Waals surface area (Å²) in [5.74, 6) is 0. The van der Waals surface area contributed by atoms with E-state index in [1.807, 2.05) is 6.20 Å². The quantitative estimate of drug-likeness (QED) is 0.788. The van der Waals surface area contributed by atoms with Gasteiger partial charge in [0.1, 0.15) is 0 Å². The van der Waals surface area contributed by atoms with E-state index in [2.05, 4.69) is 58.0 Å². The summed E-state index contributed by atoms with van der Waals surface area (Å²) < 4.78 is 1.87. The number of hydrogen-bond donors (Lipinski definition) is 1. The Hall–Kier alpha value is -0.330. The average molecular weight is 379 g/mol. The third-order valence-electron chi connectivity index (χ3n) is 2.43. The average Bonchev–Trinajstić information content (AvgIpc) is 2.73. The highest BCUT2D eigenvalue weighted by Crippen LogP contribution is 2.22. The molecule has 0 aliphatic rings. The molecule has 1 N–H and O–H groups in total. The molecule has 0 saturated heterocycles. The van der Waals surface area contributed by atoms with Gasteiger partial charge in [0.25, 0.3) is 0 Å². The fourth-order valence-corrected chi connectivity index (χ4v) is 3.05. The molecule has 0 aliphatic carbocycles. The SMILES string of the molecule is CCc1cc(I)ccc1NCc1cnc(Cl)s1. The fourth-order valence-electron chi connectivity index (χ4n) is 1.57. The summed E-state index contributed by atoms with van der Waals surface area (Å²) >= 11 is 9.65. The minimum Gasteiger partial charge on any atom is -0.380 e. The fraction of sp³-hybridized carbons (Fsp3) is 0.250. The number of thiazole rings is 1. The van der Waals surface area contributed by atoms with Gasteiger partial charge >= 0.3 is 0 Å². The maximum absolute atomic E-state index is 5.80. The molecule has 0 fully saturated rings. The van der Waals surface area contributed by atoms with Gasteiger partial charge in [0, 0.05) is 20.3 Å². The summed E-state index contributed by atoms with van der Waals surface area (Å²) in [5.41, 5.74) is 2.53. The van der Waals surface area contributed by atoms with Crippen LogP contribution in [0.2, 0.25) is 4.47 Å². The number of nitrogens with one attached hydrogen (secondary N) is 1. The van der Waals surface area contributed by atoms with Crippen LogP contribution in [0.5, 0.6) is 0 Å². The Kier molecular flexibility index (Phi) is 4.64. The third kappa shape index (κ3) is 3.56. The highest BCUT2D eigenvalue weighted by molar-refractivity contribution is 14.1. The second-order valence-electron chi connectivity index (χ2n) is 3.59. The summed E-state index contributed by atoms with van der Waals surface area (Å²) in [6, 6.07) is 6.45. The van der Waals surface area contributed by atoms with Gasteiger partial charge < -0.3 is 5.32 Å². The van der Waals surface area contributed by atoms with Crippen molar-refractivity contribution in [2.75, 3.05) is 5.32 Å². The van der Waals surface area contributed by atoms with Crippen LogP contribution in [0.15, 0.2) is 24.4 Å². The van der Waals surface area contributed by atoms with Gasteiger partial charge in [-0.05, 0) is 52.8 Å². The van der Waals surface area contributed by atoms with E-state index in [1.54, 1.807) is 0 Å². The molecule has 1 aromatic carbocycles. The van der Waals surface area contributed by atoms with Crippen LogP contribution in [0.1, 0.15) is 17.4 Å². The van der Waals surface area contributed by atoms with E-state index in [9.17, 15) is 0 Å². The smallest absolute Gasteiger partial charge is 0.183 e. The number of halogens is 2. The van der Waals surface area contributed by atoms with Crippen LogP contribution < -0.4 is 5.32 Å². The predicted octanol–water partition coefficient (Wildman–Crippen LogP) is 4.58. The van der Waals surface area contributed by atoms with Crippen molar-refractivity contribution in [3.63, 3.8) is 0 Å². The van der Waals surface area contributed by atoms with E-state index < -0.39 is 0 Å². The molecule has 2 rings (SSSR count). The molecule has 0 radical (unpaired) electrons. The van der Waals surface area contributed by atoms with E-state index in [-0.39, 0.29) is 0 Å². The lowest BCUT2D eigenvalue weighted by molar-refractivity contribution is 1.10. The van der Waals surface area contributed by atoms with Crippen molar-refractivity contribution in [1.82, 2.24) is 4.98 Å². The van der Waals surface area contributed by atoms with Crippen LogP contribution in [0, 0.1) is 3.57 Å². The molecule has 1 aromatic heterocycles. The number of nitrogens with zero attached hydrogens (tertiary/aromatic N) is 1. The minimum absolute atomic E-state index is 0.597. The first kappa shape index (κ1) is 13.1. The van der Waals surface area contributed by atoms with E-state index in [1.165, 1.54) is 26.2 Å². The monoisotopic (exact) mass is 378 g/mol. The van der Waals surface area contributed by atoms with Crippen LogP contribution in [0.25, 0.3) is 0 Å². The minimum atomic E-state index is 0.597. The van der Waals surface area contributed by atoms with Gasteiger partial charge in [0.05, 0.1) is 6.54 Å². The Labute approximate surface area is 124 Å². The number of anilines is 1. The number of hydrogen-bond acceptors (Lipinski definition) is 3. The molecular formula is C12H12ClIN2S. The van der Waals surface area contributed by atoms with Crippen LogP contribution in [-0.4, -0.2) is 4.98 Å². The Balaban J connectivity index is 2.08. The lowest BCUT2D eigenvalue weighted by Crippen LogP contribution is -2.01. The normalized spacial score (nSPS) is 10.5. The molecule has 90 valence electrons. The molecule has 0 atom stereocenters. The van der Waals surface area contributed by atoms with E-state index in [4.69, 9.17) is 11.6 Å². The van der Waals surface area contributed by atoms with Gasteiger partial charge in [-0.2, -0.15) is 0 Å². The van der Waals surface area contributed by atoms with Crippen molar-refractivity contribution in [3.05, 3.63) is 42.9 Å². The summed E-state index contributed by atoms with van der Waals surface area (Å²) in [6.07, 6.45) is 2.85. The van der Waals surface area contributed by atoms with Crippen LogP contribution in [0.3, 0.4) is 0 Å². The Morgan fingerprint density at radius 3 is 2.94 bits per heavy atom. The van der Waals surface area contributed by atoms with Crippen LogP contribution in [0.4, 0.5) is 5.69 Å². The number of benzene rings is 1. The van der Waals surface area contributed by atoms with Gasteiger partial charge in [-0.15, -0.1) is 11.3 Å². The zero-order chi connectivity index (χ0) is 12.3. The summed E-state index contributed by atoms with van der Waals surface area (Å²) in [4.78, 5) is 5.18. The van der Waals surface area contributed by atoms with Crippen LogP contribution in [-0.2, 0) is 13.0 Å². The molecule has 0 aliphatic heterocycles. The zero-order valence-electron chi connectivity index (χ0n) is 9.34. The van der Waals surface area contributed by atoms with Gasteiger partial charge in [-0.3, -0.25) is 0 Å². The highest BCUT2D eigenvalue weighted by Gasteiger charge is 2.03. The Bertz CT molecular complexity index is 513. The summed E-state index contributed by atoms with van der Waals surface area (Å²) in [5, 5.41) is 3.43. The first-order valence-electron chi connectivity index (χ1n) is 5.31. The van der Waals surface area contributed by atoms with Crippen molar-refractivity contribution >= 4 is 51.2 Å².